The largest absolute Gasteiger partial charge is 0.0683 e. The van der Waals surface area contributed by atoms with E-state index in [0.29, 0.717) is 0 Å². The van der Waals surface area contributed by atoms with Crippen molar-refractivity contribution >= 4 is 5.57 Å². The van der Waals surface area contributed by atoms with Crippen LogP contribution in [-0.4, -0.2) is 0 Å². The molecule has 30 heavy (non-hydrogen) atoms. The molecular formula is C30H42. The average molecular weight is 403 g/mol. The van der Waals surface area contributed by atoms with Gasteiger partial charge in [0.2, 0.25) is 0 Å². The van der Waals surface area contributed by atoms with Gasteiger partial charge in [-0.1, -0.05) is 89.1 Å². The van der Waals surface area contributed by atoms with Gasteiger partial charge in [-0.2, -0.15) is 0 Å². The number of hydrogen-bond acceptors (Lipinski definition) is 0. The summed E-state index contributed by atoms with van der Waals surface area (Å²) in [5.74, 6) is 0. The molecule has 0 bridgehead atoms. The fourth-order valence-corrected chi connectivity index (χ4v) is 5.31. The maximum absolute atomic E-state index is 2.58. The molecule has 2 aromatic carbocycles. The minimum absolute atomic E-state index is 0.256. The van der Waals surface area contributed by atoms with Gasteiger partial charge in [0, 0.05) is 0 Å². The first-order chi connectivity index (χ1) is 14.2. The fraction of sp³-hybridized carbons (Fsp3) is 0.533. The molecule has 1 fully saturated rings. The topological polar surface area (TPSA) is 0 Å². The minimum Gasteiger partial charge on any atom is -0.0683 e. The summed E-state index contributed by atoms with van der Waals surface area (Å²) in [4.78, 5) is 0. The molecule has 0 unspecified atom stereocenters. The lowest BCUT2D eigenvalue weighted by molar-refractivity contribution is 0.331. The molecule has 2 aromatic rings. The standard InChI is InChI=1S/C28H36.C2H6/c1-19-11-13-22(14-12-19)26(21-9-7-8-10-21)23-18-25-24(17-20(23)2)27(3,4)15-16-28(25,5)6;1-2/h11-14,17-18H,7-10,15-16H2,1-6H3;1-2H3. The molecule has 0 amide bonds. The van der Waals surface area contributed by atoms with Gasteiger partial charge in [0.15, 0.2) is 0 Å². The zero-order valence-corrected chi connectivity index (χ0v) is 20.7. The van der Waals surface area contributed by atoms with Crippen molar-refractivity contribution in [3.63, 3.8) is 0 Å². The van der Waals surface area contributed by atoms with Crippen molar-refractivity contribution in [1.29, 1.82) is 0 Å². The van der Waals surface area contributed by atoms with Gasteiger partial charge in [-0.25, -0.2) is 0 Å². The zero-order chi connectivity index (χ0) is 22.1. The van der Waals surface area contributed by atoms with Crippen molar-refractivity contribution in [2.75, 3.05) is 0 Å². The van der Waals surface area contributed by atoms with Crippen LogP contribution in [0.15, 0.2) is 42.0 Å². The molecular weight excluding hydrogens is 360 g/mol. The molecule has 1 saturated carbocycles. The number of hydrogen-bond donors (Lipinski definition) is 0. The van der Waals surface area contributed by atoms with Crippen molar-refractivity contribution in [2.24, 2.45) is 0 Å². The maximum atomic E-state index is 2.58. The lowest BCUT2D eigenvalue weighted by atomic mass is 9.62. The maximum Gasteiger partial charge on any atom is -0.0100 e. The Labute approximate surface area is 185 Å². The first-order valence-corrected chi connectivity index (χ1v) is 12.1. The Morgan fingerprint density at radius 1 is 0.733 bits per heavy atom. The van der Waals surface area contributed by atoms with Crippen LogP contribution in [-0.2, 0) is 10.8 Å². The van der Waals surface area contributed by atoms with Gasteiger partial charge in [-0.15, -0.1) is 0 Å². The molecule has 162 valence electrons. The van der Waals surface area contributed by atoms with Gasteiger partial charge >= 0.3 is 0 Å². The molecule has 0 atom stereocenters. The summed E-state index contributed by atoms with van der Waals surface area (Å²) in [5, 5.41) is 0. The highest BCUT2D eigenvalue weighted by molar-refractivity contribution is 5.84. The second-order valence-electron chi connectivity index (χ2n) is 10.5. The van der Waals surface area contributed by atoms with Crippen LogP contribution in [0.4, 0.5) is 0 Å². The Morgan fingerprint density at radius 3 is 1.77 bits per heavy atom. The third-order valence-corrected chi connectivity index (χ3v) is 7.37. The number of aryl methyl sites for hydroxylation is 2. The van der Waals surface area contributed by atoms with Crippen LogP contribution in [0.1, 0.15) is 113 Å². The SMILES string of the molecule is CC.Cc1ccc(C(=C2CCCC2)c2cc3c(cc2C)C(C)(C)CCC3(C)C)cc1. The Kier molecular flexibility index (Phi) is 6.66. The smallest absolute Gasteiger partial charge is 0.0100 e. The molecule has 2 aliphatic carbocycles. The summed E-state index contributed by atoms with van der Waals surface area (Å²) < 4.78 is 0. The minimum atomic E-state index is 0.256. The van der Waals surface area contributed by atoms with Crippen LogP contribution in [0.5, 0.6) is 0 Å². The average Bonchev–Trinajstić information content (AvgIpc) is 3.24. The molecule has 2 aliphatic rings. The summed E-state index contributed by atoms with van der Waals surface area (Å²) in [6, 6.07) is 14.3. The molecule has 0 N–H and O–H groups in total. The first-order valence-electron chi connectivity index (χ1n) is 12.1. The van der Waals surface area contributed by atoms with E-state index >= 15 is 0 Å². The molecule has 0 heterocycles. The molecule has 0 heteroatoms. The van der Waals surface area contributed by atoms with E-state index in [4.69, 9.17) is 0 Å². The molecule has 0 spiro atoms. The second kappa shape index (κ2) is 8.74. The van der Waals surface area contributed by atoms with Gasteiger partial charge in [0.05, 0.1) is 0 Å². The molecule has 0 saturated heterocycles. The van der Waals surface area contributed by atoms with Gasteiger partial charge < -0.3 is 0 Å². The molecule has 0 nitrogen and oxygen atoms in total. The van der Waals surface area contributed by atoms with E-state index in [1.807, 2.05) is 13.8 Å². The molecule has 0 aromatic heterocycles. The van der Waals surface area contributed by atoms with Crippen LogP contribution in [0.25, 0.3) is 5.57 Å². The van der Waals surface area contributed by atoms with Crippen molar-refractivity contribution in [2.45, 2.75) is 105 Å². The van der Waals surface area contributed by atoms with Gasteiger partial charge in [-0.05, 0) is 96.6 Å². The van der Waals surface area contributed by atoms with E-state index in [-0.39, 0.29) is 10.8 Å². The predicted octanol–water partition coefficient (Wildman–Crippen LogP) is 9.05. The van der Waals surface area contributed by atoms with Crippen LogP contribution in [0, 0.1) is 13.8 Å². The Bertz CT molecular complexity index is 911. The lowest BCUT2D eigenvalue weighted by Gasteiger charge is -2.42. The molecule has 4 rings (SSSR count). The monoisotopic (exact) mass is 402 g/mol. The Hall–Kier alpha value is -1.82. The van der Waals surface area contributed by atoms with E-state index in [0.717, 1.165) is 0 Å². The van der Waals surface area contributed by atoms with Crippen LogP contribution in [0.3, 0.4) is 0 Å². The highest BCUT2D eigenvalue weighted by atomic mass is 14.4. The number of fused-ring (bicyclic) bond motifs is 1. The zero-order valence-electron chi connectivity index (χ0n) is 20.7. The molecule has 0 aliphatic heterocycles. The third kappa shape index (κ3) is 4.29. The van der Waals surface area contributed by atoms with E-state index in [1.54, 1.807) is 16.7 Å². The number of rotatable bonds is 2. The predicted molar refractivity (Wildman–Crippen MR) is 133 cm³/mol. The van der Waals surface area contributed by atoms with Crippen LogP contribution in [0.2, 0.25) is 0 Å². The fourth-order valence-electron chi connectivity index (χ4n) is 5.31. The van der Waals surface area contributed by atoms with Crippen LogP contribution < -0.4 is 0 Å². The van der Waals surface area contributed by atoms with Crippen molar-refractivity contribution in [3.8, 4) is 0 Å². The first kappa shape index (κ1) is 22.9. The lowest BCUT2D eigenvalue weighted by Crippen LogP contribution is -2.34. The normalized spacial score (nSPS) is 19.0. The summed E-state index contributed by atoms with van der Waals surface area (Å²) in [5.41, 5.74) is 12.5. The summed E-state index contributed by atoms with van der Waals surface area (Å²) in [6.07, 6.45) is 7.74. The number of allylic oxidation sites excluding steroid dienone is 1. The van der Waals surface area contributed by atoms with Gasteiger partial charge in [0.25, 0.3) is 0 Å². The summed E-state index contributed by atoms with van der Waals surface area (Å²) in [7, 11) is 0. The van der Waals surface area contributed by atoms with Crippen molar-refractivity contribution in [3.05, 3.63) is 75.4 Å². The van der Waals surface area contributed by atoms with Crippen LogP contribution >= 0.6 is 0 Å². The van der Waals surface area contributed by atoms with E-state index in [1.165, 1.54) is 66.4 Å². The Balaban J connectivity index is 0.00000124. The van der Waals surface area contributed by atoms with Crippen molar-refractivity contribution in [1.82, 2.24) is 0 Å². The van der Waals surface area contributed by atoms with E-state index in [9.17, 15) is 0 Å². The van der Waals surface area contributed by atoms with Gasteiger partial charge in [-0.3, -0.25) is 0 Å². The summed E-state index contributed by atoms with van der Waals surface area (Å²) in [6.45, 7) is 18.2. The highest BCUT2D eigenvalue weighted by Gasteiger charge is 2.37. The second-order valence-corrected chi connectivity index (χ2v) is 10.5. The third-order valence-electron chi connectivity index (χ3n) is 7.37. The number of benzene rings is 2. The quantitative estimate of drug-likeness (QED) is 0.470. The van der Waals surface area contributed by atoms with Crippen molar-refractivity contribution < 1.29 is 0 Å². The van der Waals surface area contributed by atoms with Gasteiger partial charge in [0.1, 0.15) is 0 Å². The molecule has 0 radical (unpaired) electrons. The summed E-state index contributed by atoms with van der Waals surface area (Å²) >= 11 is 0. The van der Waals surface area contributed by atoms with E-state index in [2.05, 4.69) is 77.9 Å². The highest BCUT2D eigenvalue weighted by Crippen LogP contribution is 2.48. The van der Waals surface area contributed by atoms with E-state index < -0.39 is 0 Å². The Morgan fingerprint density at radius 2 is 1.23 bits per heavy atom.